The third-order valence-corrected chi connectivity index (χ3v) is 1.50. The molecular formula is C7H6BrF2N. The van der Waals surface area contributed by atoms with Gasteiger partial charge in [0.05, 0.1) is 0 Å². The normalized spacial score (nSPS) is 16.8. The molecule has 0 amide bonds. The van der Waals surface area contributed by atoms with Crippen LogP contribution in [0.15, 0.2) is 22.9 Å². The average Bonchev–Trinajstić information content (AvgIpc) is 2.02. The molecule has 60 valence electrons. The minimum absolute atomic E-state index is 0.318. The van der Waals surface area contributed by atoms with Gasteiger partial charge in [-0.05, 0) is 22.0 Å². The van der Waals surface area contributed by atoms with Gasteiger partial charge in [0, 0.05) is 33.4 Å². The lowest BCUT2D eigenvalue weighted by molar-refractivity contribution is 0.0170. The Morgan fingerprint density at radius 1 is 1.64 bits per heavy atom. The molecule has 1 heterocycles. The Hall–Kier alpha value is -0.510. The lowest BCUT2D eigenvalue weighted by Crippen LogP contribution is -2.06. The molecule has 4 heteroatoms. The Balaban J connectivity index is 3.16. The van der Waals surface area contributed by atoms with Crippen LogP contribution >= 0.6 is 15.9 Å². The van der Waals surface area contributed by atoms with Crippen molar-refractivity contribution >= 4 is 15.9 Å². The molecule has 0 unspecified atom stereocenters. The Kier molecular flexibility index (Phi) is 1.35. The van der Waals surface area contributed by atoms with Crippen molar-refractivity contribution in [3.05, 3.63) is 28.5 Å². The highest BCUT2D eigenvalue weighted by Gasteiger charge is 2.24. The molecule has 0 aliphatic heterocycles. The quantitative estimate of drug-likeness (QED) is 0.715. The zero-order valence-electron chi connectivity index (χ0n) is 8.31. The highest BCUT2D eigenvalue weighted by Crippen LogP contribution is 2.27. The van der Waals surface area contributed by atoms with E-state index in [1.54, 1.807) is 0 Å². The fraction of sp³-hybridized carbons (Fsp3) is 0.286. The zero-order chi connectivity index (χ0) is 11.0. The molecule has 0 atom stereocenters. The van der Waals surface area contributed by atoms with E-state index >= 15 is 0 Å². The fourth-order valence-electron chi connectivity index (χ4n) is 0.584. The summed E-state index contributed by atoms with van der Waals surface area (Å²) >= 11 is 2.94. The molecule has 1 aromatic rings. The van der Waals surface area contributed by atoms with Crippen LogP contribution < -0.4 is 0 Å². The molecule has 0 saturated carbocycles. The predicted octanol–water partition coefficient (Wildman–Crippen LogP) is 2.96. The van der Waals surface area contributed by atoms with Gasteiger partial charge in [0.15, 0.2) is 0 Å². The fourth-order valence-corrected chi connectivity index (χ4v) is 0.948. The molecule has 0 aliphatic carbocycles. The lowest BCUT2D eigenvalue weighted by Gasteiger charge is -2.08. The van der Waals surface area contributed by atoms with E-state index in [2.05, 4.69) is 20.9 Å². The molecule has 1 nitrogen and oxygen atoms in total. The molecule has 11 heavy (non-hydrogen) atoms. The smallest absolute Gasteiger partial charge is 0.263 e. The van der Waals surface area contributed by atoms with Crippen molar-refractivity contribution < 1.29 is 12.9 Å². The van der Waals surface area contributed by atoms with Gasteiger partial charge >= 0.3 is 0 Å². The largest absolute Gasteiger partial charge is 0.272 e. The first kappa shape index (κ1) is 5.19. The highest BCUT2D eigenvalue weighted by atomic mass is 79.9. The Morgan fingerprint density at radius 2 is 2.36 bits per heavy atom. The average molecular weight is 225 g/mol. The summed E-state index contributed by atoms with van der Waals surface area (Å²) in [6, 6.07) is 1.04. The minimum Gasteiger partial charge on any atom is -0.263 e. The second kappa shape index (κ2) is 2.85. The van der Waals surface area contributed by atoms with E-state index in [1.165, 1.54) is 6.20 Å². The van der Waals surface area contributed by atoms with Crippen LogP contribution in [0.4, 0.5) is 8.78 Å². The second-order valence-corrected chi connectivity index (χ2v) is 2.88. The molecule has 0 aliphatic rings. The summed E-state index contributed by atoms with van der Waals surface area (Å²) in [5.41, 5.74) is -0.619. The first-order valence-corrected chi connectivity index (χ1v) is 3.53. The van der Waals surface area contributed by atoms with Crippen molar-refractivity contribution in [3.63, 3.8) is 0 Å². The maximum absolute atomic E-state index is 13.2. The van der Waals surface area contributed by atoms with Gasteiger partial charge in [-0.1, -0.05) is 0 Å². The predicted molar refractivity (Wildman–Crippen MR) is 41.5 cm³/mol. The minimum atomic E-state index is -3.87. The molecule has 0 aromatic carbocycles. The van der Waals surface area contributed by atoms with Crippen molar-refractivity contribution in [1.82, 2.24) is 4.98 Å². The van der Waals surface area contributed by atoms with Gasteiger partial charge in [0.25, 0.3) is 5.92 Å². The van der Waals surface area contributed by atoms with Crippen LogP contribution in [0.3, 0.4) is 0 Å². The highest BCUT2D eigenvalue weighted by molar-refractivity contribution is 9.10. The molecule has 0 bridgehead atoms. The van der Waals surface area contributed by atoms with Gasteiger partial charge < -0.3 is 0 Å². The maximum Gasteiger partial charge on any atom is 0.272 e. The molecule has 1 aromatic heterocycles. The third-order valence-electron chi connectivity index (χ3n) is 1.07. The number of halogens is 3. The van der Waals surface area contributed by atoms with Crippen molar-refractivity contribution in [1.29, 1.82) is 0 Å². The summed E-state index contributed by atoms with van der Waals surface area (Å²) in [6.45, 7) is -3.35. The maximum atomic E-state index is 13.2. The van der Waals surface area contributed by atoms with E-state index < -0.39 is 18.3 Å². The summed E-state index contributed by atoms with van der Waals surface area (Å²) in [4.78, 5) is 3.49. The standard InChI is InChI=1S/C7H6BrF2N/c1-7(9,10)5-2-6(8)4-11-3-5/h2-4H,1H3/i1D3. The van der Waals surface area contributed by atoms with Gasteiger partial charge in [-0.15, -0.1) is 0 Å². The van der Waals surface area contributed by atoms with E-state index in [0.717, 1.165) is 12.3 Å². The van der Waals surface area contributed by atoms with Gasteiger partial charge in [-0.3, -0.25) is 4.98 Å². The molecule has 0 spiro atoms. The van der Waals surface area contributed by atoms with E-state index in [-0.39, 0.29) is 0 Å². The first-order valence-electron chi connectivity index (χ1n) is 4.24. The molecule has 0 N–H and O–H groups in total. The van der Waals surface area contributed by atoms with Gasteiger partial charge in [-0.25, -0.2) is 8.78 Å². The summed E-state index contributed by atoms with van der Waals surface area (Å²) in [5, 5.41) is 0. The molecular weight excluding hydrogens is 216 g/mol. The van der Waals surface area contributed by atoms with Crippen LogP contribution in [-0.2, 0) is 5.92 Å². The summed E-state index contributed by atoms with van der Waals surface area (Å²) in [7, 11) is 0. The Bertz CT molecular complexity index is 340. The van der Waals surface area contributed by atoms with Gasteiger partial charge in [-0.2, -0.15) is 0 Å². The van der Waals surface area contributed by atoms with E-state index in [1.807, 2.05) is 0 Å². The van der Waals surface area contributed by atoms with E-state index in [0.29, 0.717) is 4.47 Å². The number of alkyl halides is 2. The Morgan fingerprint density at radius 3 is 2.91 bits per heavy atom. The lowest BCUT2D eigenvalue weighted by atomic mass is 10.2. The molecule has 0 fully saturated rings. The Labute approximate surface area is 75.8 Å². The third kappa shape index (κ3) is 2.22. The number of rotatable bonds is 1. The van der Waals surface area contributed by atoms with E-state index in [9.17, 15) is 8.78 Å². The number of hydrogen-bond acceptors (Lipinski definition) is 1. The van der Waals surface area contributed by atoms with Crippen molar-refractivity contribution in [3.8, 4) is 0 Å². The monoisotopic (exact) mass is 224 g/mol. The number of hydrogen-bond donors (Lipinski definition) is 0. The molecule has 0 radical (unpaired) electrons. The second-order valence-electron chi connectivity index (χ2n) is 1.97. The van der Waals surface area contributed by atoms with Crippen molar-refractivity contribution in [2.45, 2.75) is 12.8 Å². The van der Waals surface area contributed by atoms with Crippen LogP contribution in [0.2, 0.25) is 0 Å². The van der Waals surface area contributed by atoms with Crippen LogP contribution in [0.25, 0.3) is 0 Å². The van der Waals surface area contributed by atoms with Crippen molar-refractivity contribution in [2.75, 3.05) is 0 Å². The number of pyridine rings is 1. The van der Waals surface area contributed by atoms with E-state index in [4.69, 9.17) is 4.11 Å². The van der Waals surface area contributed by atoms with Crippen molar-refractivity contribution in [2.24, 2.45) is 0 Å². The van der Waals surface area contributed by atoms with Gasteiger partial charge in [0.1, 0.15) is 0 Å². The SMILES string of the molecule is [2H]C([2H])([2H])C(F)(F)c1cncc(Br)c1. The first-order chi connectivity index (χ1) is 6.25. The van der Waals surface area contributed by atoms with Crippen LogP contribution in [-0.4, -0.2) is 4.98 Å². The van der Waals surface area contributed by atoms with Crippen LogP contribution in [0, 0.1) is 0 Å². The summed E-state index contributed by atoms with van der Waals surface area (Å²) in [5.74, 6) is -3.87. The van der Waals surface area contributed by atoms with Gasteiger partial charge in [0.2, 0.25) is 0 Å². The number of nitrogens with zero attached hydrogens (tertiary/aromatic N) is 1. The number of aromatic nitrogens is 1. The summed E-state index contributed by atoms with van der Waals surface area (Å²) in [6.07, 6.45) is 2.15. The zero-order valence-corrected chi connectivity index (χ0v) is 6.90. The van der Waals surface area contributed by atoms with Crippen LogP contribution in [0.1, 0.15) is 16.5 Å². The topological polar surface area (TPSA) is 12.9 Å². The summed E-state index contributed by atoms with van der Waals surface area (Å²) < 4.78 is 46.8. The van der Waals surface area contributed by atoms with Crippen LogP contribution in [0.5, 0.6) is 0 Å². The molecule has 0 saturated heterocycles. The molecule has 1 rings (SSSR count).